The Hall–Kier alpha value is -1.92. The highest BCUT2D eigenvalue weighted by Crippen LogP contribution is 2.13. The third kappa shape index (κ3) is 4.77. The number of carbonyl (C=O) groups is 1. The molecule has 0 saturated carbocycles. The van der Waals surface area contributed by atoms with E-state index in [-0.39, 0.29) is 12.1 Å². The van der Waals surface area contributed by atoms with Gasteiger partial charge in [-0.05, 0) is 18.9 Å². The smallest absolute Gasteiger partial charge is 0.315 e. The fraction of sp³-hybridized carbons (Fsp3) is 0.412. The Balaban J connectivity index is 1.40. The maximum atomic E-state index is 12.0. The van der Waals surface area contributed by atoms with Crippen LogP contribution in [0.25, 0.3) is 0 Å². The number of amides is 2. The number of hydrogen-bond acceptors (Lipinski definition) is 4. The number of nitrogens with one attached hydrogen (secondary N) is 2. The normalized spacial score (nSPS) is 18.0. The SMILES string of the molecule is Cc1nc(CNC(=O)N[C@H]2CCN(Cc3ccccc3)C2)cs1. The molecule has 0 spiro atoms. The van der Waals surface area contributed by atoms with Crippen LogP contribution in [0.4, 0.5) is 4.79 Å². The van der Waals surface area contributed by atoms with Crippen molar-refractivity contribution in [1.82, 2.24) is 20.5 Å². The van der Waals surface area contributed by atoms with Gasteiger partial charge in [-0.15, -0.1) is 11.3 Å². The van der Waals surface area contributed by atoms with Crippen molar-refractivity contribution in [3.63, 3.8) is 0 Å². The van der Waals surface area contributed by atoms with Crippen LogP contribution in [-0.2, 0) is 13.1 Å². The summed E-state index contributed by atoms with van der Waals surface area (Å²) in [6, 6.07) is 10.6. The van der Waals surface area contributed by atoms with Crippen LogP contribution in [0.2, 0.25) is 0 Å². The molecule has 0 radical (unpaired) electrons. The minimum Gasteiger partial charge on any atom is -0.334 e. The van der Waals surface area contributed by atoms with Crippen LogP contribution in [0.3, 0.4) is 0 Å². The highest BCUT2D eigenvalue weighted by Gasteiger charge is 2.23. The van der Waals surface area contributed by atoms with E-state index in [0.29, 0.717) is 6.54 Å². The number of aromatic nitrogens is 1. The van der Waals surface area contributed by atoms with E-state index in [2.05, 4.69) is 44.8 Å². The molecule has 0 unspecified atom stereocenters. The number of rotatable bonds is 5. The fourth-order valence-electron chi connectivity index (χ4n) is 2.83. The van der Waals surface area contributed by atoms with E-state index in [1.807, 2.05) is 18.4 Å². The first kappa shape index (κ1) is 16.0. The van der Waals surface area contributed by atoms with Gasteiger partial charge in [0.15, 0.2) is 0 Å². The van der Waals surface area contributed by atoms with Gasteiger partial charge in [0.1, 0.15) is 0 Å². The molecule has 0 bridgehead atoms. The lowest BCUT2D eigenvalue weighted by atomic mass is 10.2. The van der Waals surface area contributed by atoms with Gasteiger partial charge in [0, 0.05) is 31.1 Å². The Morgan fingerprint density at radius 1 is 1.39 bits per heavy atom. The van der Waals surface area contributed by atoms with Gasteiger partial charge in [0.2, 0.25) is 0 Å². The molecule has 1 atom stereocenters. The second-order valence-electron chi connectivity index (χ2n) is 5.89. The average molecular weight is 330 g/mol. The molecule has 23 heavy (non-hydrogen) atoms. The second kappa shape index (κ2) is 7.57. The number of aryl methyl sites for hydroxylation is 1. The first-order chi connectivity index (χ1) is 11.2. The van der Waals surface area contributed by atoms with Gasteiger partial charge < -0.3 is 10.6 Å². The summed E-state index contributed by atoms with van der Waals surface area (Å²) in [5, 5.41) is 8.94. The molecule has 1 aromatic heterocycles. The third-order valence-electron chi connectivity index (χ3n) is 3.95. The average Bonchev–Trinajstić information content (AvgIpc) is 3.15. The van der Waals surface area contributed by atoms with Gasteiger partial charge >= 0.3 is 6.03 Å². The van der Waals surface area contributed by atoms with Crippen molar-refractivity contribution in [3.05, 3.63) is 52.0 Å². The van der Waals surface area contributed by atoms with Crippen molar-refractivity contribution in [3.8, 4) is 0 Å². The summed E-state index contributed by atoms with van der Waals surface area (Å²) in [5.74, 6) is 0. The van der Waals surface area contributed by atoms with Crippen molar-refractivity contribution in [2.75, 3.05) is 13.1 Å². The van der Waals surface area contributed by atoms with Crippen LogP contribution >= 0.6 is 11.3 Å². The molecule has 3 rings (SSSR count). The van der Waals surface area contributed by atoms with Gasteiger partial charge in [-0.1, -0.05) is 30.3 Å². The minimum atomic E-state index is -0.109. The van der Waals surface area contributed by atoms with Gasteiger partial charge in [0.25, 0.3) is 0 Å². The van der Waals surface area contributed by atoms with Crippen molar-refractivity contribution in [1.29, 1.82) is 0 Å². The van der Waals surface area contributed by atoms with Crippen molar-refractivity contribution < 1.29 is 4.79 Å². The Kier molecular flexibility index (Phi) is 5.25. The number of urea groups is 1. The van der Waals surface area contributed by atoms with E-state index < -0.39 is 0 Å². The zero-order valence-electron chi connectivity index (χ0n) is 13.3. The molecule has 5 nitrogen and oxygen atoms in total. The van der Waals surface area contributed by atoms with Gasteiger partial charge in [-0.2, -0.15) is 0 Å². The van der Waals surface area contributed by atoms with Crippen LogP contribution in [-0.4, -0.2) is 35.0 Å². The van der Waals surface area contributed by atoms with Crippen molar-refractivity contribution in [2.45, 2.75) is 32.5 Å². The lowest BCUT2D eigenvalue weighted by Gasteiger charge is -2.17. The molecule has 1 fully saturated rings. The summed E-state index contributed by atoms with van der Waals surface area (Å²) < 4.78 is 0. The van der Waals surface area contributed by atoms with Crippen molar-refractivity contribution in [2.24, 2.45) is 0 Å². The van der Waals surface area contributed by atoms with E-state index in [9.17, 15) is 4.79 Å². The molecule has 2 amide bonds. The predicted molar refractivity (Wildman–Crippen MR) is 92.3 cm³/mol. The second-order valence-corrected chi connectivity index (χ2v) is 6.95. The maximum Gasteiger partial charge on any atom is 0.315 e. The Morgan fingerprint density at radius 3 is 2.96 bits per heavy atom. The molecule has 1 aliphatic rings. The summed E-state index contributed by atoms with van der Waals surface area (Å²) >= 11 is 1.60. The zero-order chi connectivity index (χ0) is 16.1. The van der Waals surface area contributed by atoms with Crippen LogP contribution in [0, 0.1) is 6.92 Å². The third-order valence-corrected chi connectivity index (χ3v) is 4.78. The summed E-state index contributed by atoms with van der Waals surface area (Å²) in [5.41, 5.74) is 2.23. The van der Waals surface area contributed by atoms with Gasteiger partial charge in [-0.25, -0.2) is 9.78 Å². The van der Waals surface area contributed by atoms with Crippen LogP contribution < -0.4 is 10.6 Å². The first-order valence-electron chi connectivity index (χ1n) is 7.91. The highest BCUT2D eigenvalue weighted by molar-refractivity contribution is 7.09. The van der Waals surface area contributed by atoms with Crippen molar-refractivity contribution >= 4 is 17.4 Å². The van der Waals surface area contributed by atoms with Crippen LogP contribution in [0.15, 0.2) is 35.7 Å². The topological polar surface area (TPSA) is 57.3 Å². The molecule has 1 saturated heterocycles. The minimum absolute atomic E-state index is 0.109. The predicted octanol–water partition coefficient (Wildman–Crippen LogP) is 2.53. The molecule has 6 heteroatoms. The lowest BCUT2D eigenvalue weighted by molar-refractivity contribution is 0.235. The van der Waals surface area contributed by atoms with Crippen LogP contribution in [0.1, 0.15) is 22.7 Å². The summed E-state index contributed by atoms with van der Waals surface area (Å²) in [6.07, 6.45) is 0.996. The number of carbonyl (C=O) groups excluding carboxylic acids is 1. The number of thiazole rings is 1. The fourth-order valence-corrected chi connectivity index (χ4v) is 3.44. The van der Waals surface area contributed by atoms with Crippen LogP contribution in [0.5, 0.6) is 0 Å². The molecule has 2 aromatic rings. The van der Waals surface area contributed by atoms with Gasteiger partial charge in [0.05, 0.1) is 17.2 Å². The van der Waals surface area contributed by atoms with E-state index in [0.717, 1.165) is 36.8 Å². The summed E-state index contributed by atoms with van der Waals surface area (Å²) in [6.45, 7) is 5.31. The standard InChI is InChI=1S/C17H22N4OS/c1-13-19-16(12-23-13)9-18-17(22)20-15-7-8-21(11-15)10-14-5-3-2-4-6-14/h2-6,12,15H,7-11H2,1H3,(H2,18,20,22)/t15-/m0/s1. The molecular formula is C17H22N4OS. The van der Waals surface area contributed by atoms with E-state index in [1.54, 1.807) is 11.3 Å². The monoisotopic (exact) mass is 330 g/mol. The highest BCUT2D eigenvalue weighted by atomic mass is 32.1. The molecule has 1 aliphatic heterocycles. The van der Waals surface area contributed by atoms with E-state index in [4.69, 9.17) is 0 Å². The molecule has 1 aromatic carbocycles. The summed E-state index contributed by atoms with van der Waals surface area (Å²) in [4.78, 5) is 18.7. The number of likely N-dealkylation sites (tertiary alicyclic amines) is 1. The number of benzene rings is 1. The first-order valence-corrected chi connectivity index (χ1v) is 8.78. The number of hydrogen-bond donors (Lipinski definition) is 2. The Morgan fingerprint density at radius 2 is 2.22 bits per heavy atom. The maximum absolute atomic E-state index is 12.0. The Bertz CT molecular complexity index is 643. The van der Waals surface area contributed by atoms with E-state index in [1.165, 1.54) is 5.56 Å². The van der Waals surface area contributed by atoms with E-state index >= 15 is 0 Å². The quantitative estimate of drug-likeness (QED) is 0.886. The summed E-state index contributed by atoms with van der Waals surface area (Å²) in [7, 11) is 0. The van der Waals surface area contributed by atoms with Gasteiger partial charge in [-0.3, -0.25) is 4.90 Å². The molecule has 0 aliphatic carbocycles. The molecular weight excluding hydrogens is 308 g/mol. The Labute approximate surface area is 140 Å². The largest absolute Gasteiger partial charge is 0.334 e. The number of nitrogens with zero attached hydrogens (tertiary/aromatic N) is 2. The zero-order valence-corrected chi connectivity index (χ0v) is 14.1. The molecule has 2 N–H and O–H groups in total. The molecule has 122 valence electrons. The molecule has 2 heterocycles. The lowest BCUT2D eigenvalue weighted by Crippen LogP contribution is -2.43.